The minimum Gasteiger partial charge on any atom is -0.490 e. The molecular formula is C26H31ClN2O3S. The van der Waals surface area contributed by atoms with Gasteiger partial charge in [-0.3, -0.25) is 4.79 Å². The van der Waals surface area contributed by atoms with Crippen LogP contribution in [0.25, 0.3) is 6.08 Å². The topological polar surface area (TPSA) is 59.9 Å². The molecule has 176 valence electrons. The molecule has 2 aromatic rings. The van der Waals surface area contributed by atoms with Crippen molar-refractivity contribution in [1.82, 2.24) is 5.32 Å². The van der Waals surface area contributed by atoms with Crippen LogP contribution >= 0.6 is 23.4 Å². The first kappa shape index (κ1) is 25.2. The summed E-state index contributed by atoms with van der Waals surface area (Å²) >= 11 is 7.22. The Morgan fingerprint density at radius 3 is 2.48 bits per heavy atom. The minimum atomic E-state index is -0.172. The third kappa shape index (κ3) is 8.13. The lowest BCUT2D eigenvalue weighted by Crippen LogP contribution is -2.19. The number of halogens is 1. The number of nitrogens with one attached hydrogen (secondary N) is 1. The number of benzene rings is 2. The molecule has 2 aromatic carbocycles. The number of amides is 1. The van der Waals surface area contributed by atoms with Crippen molar-refractivity contribution in [2.24, 2.45) is 4.99 Å². The standard InChI is InChI=1S/C26H31ClN2O3S/c1-3-5-6-7-8-9-16-32-22-15-10-19(17-23(22)31-4-2)18-24-25(30)29-26(33-24)28-21-13-11-20(27)12-14-21/h10-15,17-18H,3-9,16H2,1-2H3,(H,28,29,30)/b24-18+. The molecular weight excluding hydrogens is 456 g/mol. The number of hydrogen-bond donors (Lipinski definition) is 1. The number of aliphatic imine (C=N–C) groups is 1. The number of carbonyl (C=O) groups is 1. The number of hydrogen-bond acceptors (Lipinski definition) is 5. The molecule has 1 heterocycles. The van der Waals surface area contributed by atoms with Crippen LogP contribution in [0.3, 0.4) is 0 Å². The Balaban J connectivity index is 1.63. The van der Waals surface area contributed by atoms with Crippen molar-refractivity contribution in [3.63, 3.8) is 0 Å². The van der Waals surface area contributed by atoms with Crippen molar-refractivity contribution in [3.05, 3.63) is 58.0 Å². The lowest BCUT2D eigenvalue weighted by molar-refractivity contribution is -0.115. The first-order chi connectivity index (χ1) is 16.1. The molecule has 1 aliphatic heterocycles. The molecule has 0 unspecified atom stereocenters. The van der Waals surface area contributed by atoms with Gasteiger partial charge in [-0.05, 0) is 73.1 Å². The largest absolute Gasteiger partial charge is 0.490 e. The van der Waals surface area contributed by atoms with E-state index in [0.29, 0.717) is 34.1 Å². The van der Waals surface area contributed by atoms with Crippen LogP contribution < -0.4 is 14.8 Å². The highest BCUT2D eigenvalue weighted by atomic mass is 35.5. The van der Waals surface area contributed by atoms with Crippen LogP contribution in [-0.2, 0) is 4.79 Å². The van der Waals surface area contributed by atoms with Crippen LogP contribution in [-0.4, -0.2) is 24.3 Å². The Hall–Kier alpha value is -2.44. The highest BCUT2D eigenvalue weighted by Gasteiger charge is 2.24. The van der Waals surface area contributed by atoms with Crippen molar-refractivity contribution in [2.45, 2.75) is 52.4 Å². The second kappa shape index (κ2) is 13.3. The summed E-state index contributed by atoms with van der Waals surface area (Å²) in [6.45, 7) is 5.39. The molecule has 0 saturated carbocycles. The second-order valence-corrected chi connectivity index (χ2v) is 9.18. The van der Waals surface area contributed by atoms with Crippen LogP contribution in [0, 0.1) is 0 Å². The minimum absolute atomic E-state index is 0.172. The quantitative estimate of drug-likeness (QED) is 0.251. The lowest BCUT2D eigenvalue weighted by atomic mass is 10.1. The Bertz CT molecular complexity index is 990. The number of unbranched alkanes of at least 4 members (excludes halogenated alkanes) is 5. The highest BCUT2D eigenvalue weighted by Crippen LogP contribution is 2.32. The zero-order chi connectivity index (χ0) is 23.5. The molecule has 0 aliphatic carbocycles. The van der Waals surface area contributed by atoms with E-state index >= 15 is 0 Å². The van der Waals surface area contributed by atoms with E-state index in [4.69, 9.17) is 21.1 Å². The number of amidine groups is 1. The van der Waals surface area contributed by atoms with Gasteiger partial charge in [-0.25, -0.2) is 4.99 Å². The molecule has 33 heavy (non-hydrogen) atoms. The maximum atomic E-state index is 12.4. The van der Waals surface area contributed by atoms with Gasteiger partial charge in [0.2, 0.25) is 0 Å². The van der Waals surface area contributed by atoms with E-state index in [9.17, 15) is 4.79 Å². The van der Waals surface area contributed by atoms with Crippen molar-refractivity contribution in [3.8, 4) is 11.5 Å². The summed E-state index contributed by atoms with van der Waals surface area (Å²) in [7, 11) is 0. The molecule has 1 amide bonds. The number of thioether (sulfide) groups is 1. The number of ether oxygens (including phenoxy) is 2. The molecule has 1 saturated heterocycles. The van der Waals surface area contributed by atoms with Gasteiger partial charge in [0.1, 0.15) is 0 Å². The van der Waals surface area contributed by atoms with Crippen LogP contribution in [0.4, 0.5) is 5.69 Å². The van der Waals surface area contributed by atoms with E-state index in [1.807, 2.05) is 43.3 Å². The maximum Gasteiger partial charge on any atom is 0.264 e. The summed E-state index contributed by atoms with van der Waals surface area (Å²) in [5.41, 5.74) is 1.60. The monoisotopic (exact) mass is 486 g/mol. The van der Waals surface area contributed by atoms with Gasteiger partial charge in [0.15, 0.2) is 16.7 Å². The van der Waals surface area contributed by atoms with E-state index in [-0.39, 0.29) is 5.91 Å². The normalized spacial score (nSPS) is 15.8. The van der Waals surface area contributed by atoms with Crippen molar-refractivity contribution in [2.75, 3.05) is 13.2 Å². The summed E-state index contributed by atoms with van der Waals surface area (Å²) in [5, 5.41) is 3.99. The highest BCUT2D eigenvalue weighted by molar-refractivity contribution is 8.18. The van der Waals surface area contributed by atoms with Crippen molar-refractivity contribution in [1.29, 1.82) is 0 Å². The summed E-state index contributed by atoms with van der Waals surface area (Å²) in [6, 6.07) is 12.9. The smallest absolute Gasteiger partial charge is 0.264 e. The van der Waals surface area contributed by atoms with E-state index < -0.39 is 0 Å². The third-order valence-electron chi connectivity index (χ3n) is 5.03. The second-order valence-electron chi connectivity index (χ2n) is 7.71. The van der Waals surface area contributed by atoms with Gasteiger partial charge < -0.3 is 14.8 Å². The van der Waals surface area contributed by atoms with Crippen molar-refractivity contribution >= 4 is 46.2 Å². The number of nitrogens with zero attached hydrogens (tertiary/aromatic N) is 1. The Morgan fingerprint density at radius 2 is 1.73 bits per heavy atom. The molecule has 0 spiro atoms. The van der Waals surface area contributed by atoms with Crippen LogP contribution in [0.1, 0.15) is 57.9 Å². The average Bonchev–Trinajstić information content (AvgIpc) is 3.14. The molecule has 0 atom stereocenters. The molecule has 1 N–H and O–H groups in total. The van der Waals surface area contributed by atoms with Gasteiger partial charge in [0.25, 0.3) is 5.91 Å². The lowest BCUT2D eigenvalue weighted by Gasteiger charge is -2.13. The van der Waals surface area contributed by atoms with E-state index in [1.165, 1.54) is 43.9 Å². The average molecular weight is 487 g/mol. The predicted molar refractivity (Wildman–Crippen MR) is 139 cm³/mol. The molecule has 5 nitrogen and oxygen atoms in total. The van der Waals surface area contributed by atoms with Crippen molar-refractivity contribution < 1.29 is 14.3 Å². The molecule has 0 radical (unpaired) electrons. The Morgan fingerprint density at radius 1 is 0.970 bits per heavy atom. The molecule has 3 rings (SSSR count). The van der Waals surface area contributed by atoms with E-state index in [1.54, 1.807) is 12.1 Å². The number of rotatable bonds is 12. The first-order valence-corrected chi connectivity index (χ1v) is 12.7. The van der Waals surface area contributed by atoms with E-state index in [2.05, 4.69) is 17.2 Å². The SMILES string of the molecule is CCCCCCCCOc1ccc(/C=C2/SC(=Nc3ccc(Cl)cc3)NC2=O)cc1OCC. The summed E-state index contributed by atoms with van der Waals surface area (Å²) in [5.74, 6) is 1.26. The van der Waals surface area contributed by atoms with Gasteiger partial charge in [-0.1, -0.05) is 56.7 Å². The zero-order valence-corrected chi connectivity index (χ0v) is 20.8. The summed E-state index contributed by atoms with van der Waals surface area (Å²) in [4.78, 5) is 17.5. The third-order valence-corrected chi connectivity index (χ3v) is 6.19. The maximum absolute atomic E-state index is 12.4. The number of carbonyl (C=O) groups excluding carboxylic acids is 1. The predicted octanol–water partition coefficient (Wildman–Crippen LogP) is 7.37. The van der Waals surface area contributed by atoms with Gasteiger partial charge in [0.05, 0.1) is 23.8 Å². The molecule has 0 bridgehead atoms. The first-order valence-electron chi connectivity index (χ1n) is 11.5. The molecule has 1 fully saturated rings. The zero-order valence-electron chi connectivity index (χ0n) is 19.2. The van der Waals surface area contributed by atoms with Gasteiger partial charge in [0, 0.05) is 5.02 Å². The van der Waals surface area contributed by atoms with Crippen LogP contribution in [0.2, 0.25) is 5.02 Å². The van der Waals surface area contributed by atoms with E-state index in [0.717, 1.165) is 23.4 Å². The molecule has 0 aromatic heterocycles. The summed E-state index contributed by atoms with van der Waals surface area (Å²) in [6.07, 6.45) is 9.16. The van der Waals surface area contributed by atoms with Gasteiger partial charge in [-0.2, -0.15) is 0 Å². The fourth-order valence-electron chi connectivity index (χ4n) is 3.33. The van der Waals surface area contributed by atoms with Gasteiger partial charge in [-0.15, -0.1) is 0 Å². The molecule has 1 aliphatic rings. The summed E-state index contributed by atoms with van der Waals surface area (Å²) < 4.78 is 11.8. The van der Waals surface area contributed by atoms with Crippen LogP contribution in [0.15, 0.2) is 52.4 Å². The molecule has 7 heteroatoms. The van der Waals surface area contributed by atoms with Gasteiger partial charge >= 0.3 is 0 Å². The Labute approximate surface area is 205 Å². The fraction of sp³-hybridized carbons (Fsp3) is 0.385. The van der Waals surface area contributed by atoms with Crippen LogP contribution in [0.5, 0.6) is 11.5 Å². The Kier molecular flexibility index (Phi) is 10.2. The fourth-order valence-corrected chi connectivity index (χ4v) is 4.30.